The lowest BCUT2D eigenvalue weighted by atomic mass is 10.0. The molecule has 1 aliphatic carbocycles. The van der Waals surface area contributed by atoms with E-state index in [9.17, 15) is 29.4 Å². The van der Waals surface area contributed by atoms with Crippen LogP contribution in [-0.4, -0.2) is 88.6 Å². The number of aliphatic carboxylic acids is 1. The Morgan fingerprint density at radius 2 is 1.94 bits per heavy atom. The van der Waals surface area contributed by atoms with E-state index in [0.717, 1.165) is 19.3 Å². The average Bonchev–Trinajstić information content (AvgIpc) is 3.38. The molecule has 1 saturated carbocycles. The largest absolute Gasteiger partial charge is 0.479 e. The van der Waals surface area contributed by atoms with E-state index in [0.29, 0.717) is 38.9 Å². The van der Waals surface area contributed by atoms with Crippen LogP contribution in [0.2, 0.25) is 0 Å². The highest BCUT2D eigenvalue weighted by atomic mass is 16.6. The number of alkyl carbamates (subject to hydrolysis) is 1. The fourth-order valence-corrected chi connectivity index (χ4v) is 5.20. The molecule has 4 aliphatic rings. The van der Waals surface area contributed by atoms with Crippen LogP contribution < -0.4 is 10.6 Å². The first-order valence-electron chi connectivity index (χ1n) is 12.6. The van der Waals surface area contributed by atoms with Gasteiger partial charge in [-0.15, -0.1) is 0 Å². The maximum atomic E-state index is 13.5. The Morgan fingerprint density at radius 3 is 2.69 bits per heavy atom. The van der Waals surface area contributed by atoms with E-state index in [4.69, 9.17) is 9.47 Å². The number of ether oxygens (including phenoxy) is 2. The average molecular weight is 494 g/mol. The van der Waals surface area contributed by atoms with Crippen LogP contribution in [0.4, 0.5) is 4.79 Å². The molecule has 35 heavy (non-hydrogen) atoms. The van der Waals surface area contributed by atoms with Gasteiger partial charge in [0.25, 0.3) is 0 Å². The lowest BCUT2D eigenvalue weighted by Gasteiger charge is -2.30. The summed E-state index contributed by atoms with van der Waals surface area (Å²) < 4.78 is 10.8. The zero-order valence-corrected chi connectivity index (χ0v) is 19.8. The number of aliphatic hydroxyl groups excluding tert-OH is 1. The summed E-state index contributed by atoms with van der Waals surface area (Å²) in [6.45, 7) is 0.958. The minimum atomic E-state index is -1.39. The molecule has 0 bridgehead atoms. The number of carboxylic acid groups (broad SMARTS) is 1. The molecule has 194 valence electrons. The number of rotatable bonds is 3. The van der Waals surface area contributed by atoms with Gasteiger partial charge in [-0.3, -0.25) is 9.59 Å². The molecular formula is C24H35N3O8. The van der Waals surface area contributed by atoms with Crippen LogP contribution in [0.15, 0.2) is 12.2 Å². The number of amides is 3. The summed E-state index contributed by atoms with van der Waals surface area (Å²) in [5, 5.41) is 25.4. The molecule has 0 aromatic rings. The molecule has 0 unspecified atom stereocenters. The predicted molar refractivity (Wildman–Crippen MR) is 122 cm³/mol. The Labute approximate surface area is 204 Å². The second-order valence-electron chi connectivity index (χ2n) is 9.95. The Kier molecular flexibility index (Phi) is 7.95. The summed E-state index contributed by atoms with van der Waals surface area (Å²) in [4.78, 5) is 52.5. The quantitative estimate of drug-likeness (QED) is 0.419. The molecule has 0 aromatic carbocycles. The number of carbonyl (C=O) groups excluding carboxylic acids is 3. The van der Waals surface area contributed by atoms with Crippen molar-refractivity contribution in [3.63, 3.8) is 0 Å². The highest BCUT2D eigenvalue weighted by Crippen LogP contribution is 2.45. The van der Waals surface area contributed by atoms with E-state index in [1.165, 1.54) is 4.90 Å². The summed E-state index contributed by atoms with van der Waals surface area (Å²) in [6.07, 6.45) is 6.86. The third kappa shape index (κ3) is 5.95. The van der Waals surface area contributed by atoms with Crippen molar-refractivity contribution in [1.82, 2.24) is 15.5 Å². The molecular weight excluding hydrogens is 458 g/mol. The van der Waals surface area contributed by atoms with Crippen molar-refractivity contribution in [2.45, 2.75) is 87.6 Å². The summed E-state index contributed by atoms with van der Waals surface area (Å²) in [6, 6.07) is -1.93. The van der Waals surface area contributed by atoms with Crippen molar-refractivity contribution < 1.29 is 38.9 Å². The maximum Gasteiger partial charge on any atom is 0.408 e. The van der Waals surface area contributed by atoms with Crippen LogP contribution in [0.25, 0.3) is 0 Å². The van der Waals surface area contributed by atoms with E-state index < -0.39 is 47.6 Å². The van der Waals surface area contributed by atoms with Crippen LogP contribution in [0.5, 0.6) is 0 Å². The minimum Gasteiger partial charge on any atom is -0.479 e. The van der Waals surface area contributed by atoms with Gasteiger partial charge in [-0.25, -0.2) is 9.59 Å². The lowest BCUT2D eigenvalue weighted by molar-refractivity contribution is -0.145. The van der Waals surface area contributed by atoms with Gasteiger partial charge in [0.2, 0.25) is 11.8 Å². The van der Waals surface area contributed by atoms with E-state index in [2.05, 4.69) is 10.6 Å². The van der Waals surface area contributed by atoms with E-state index in [-0.39, 0.29) is 31.4 Å². The summed E-state index contributed by atoms with van der Waals surface area (Å²) in [5.41, 5.74) is -1.39. The van der Waals surface area contributed by atoms with E-state index >= 15 is 0 Å². The number of nitrogens with one attached hydrogen (secondary N) is 2. The fourth-order valence-electron chi connectivity index (χ4n) is 5.20. The van der Waals surface area contributed by atoms with Crippen LogP contribution in [0.3, 0.4) is 0 Å². The van der Waals surface area contributed by atoms with Gasteiger partial charge in [0.1, 0.15) is 23.7 Å². The Bertz CT molecular complexity index is 858. The van der Waals surface area contributed by atoms with Crippen LogP contribution in [0.1, 0.15) is 57.8 Å². The van der Waals surface area contributed by atoms with Crippen molar-refractivity contribution >= 4 is 23.9 Å². The molecule has 4 N–H and O–H groups in total. The molecule has 0 radical (unpaired) electrons. The van der Waals surface area contributed by atoms with Crippen LogP contribution in [-0.2, 0) is 23.9 Å². The molecule has 4 rings (SSSR count). The van der Waals surface area contributed by atoms with E-state index in [1.807, 2.05) is 12.2 Å². The first-order chi connectivity index (χ1) is 16.8. The standard InChI is InChI=1S/C24H35N3O8/c28-16-12-19-20(29)26-24(22(31)32)13-15(24)6-4-2-1-3-5-7-18(21(30)27(19)14-16)25-23(33)35-17-8-10-34-11-9-17/h4,6,15-19,28H,1-3,5,7-14H2,(H,25,33)(H,26,29)(H,31,32)/b6-4-/t15-,16-,18+,19+,24-/m1/s1. The van der Waals surface area contributed by atoms with E-state index in [1.54, 1.807) is 0 Å². The molecule has 0 aromatic heterocycles. The number of hydrogen-bond acceptors (Lipinski definition) is 7. The Balaban J connectivity index is 1.50. The van der Waals surface area contributed by atoms with Crippen LogP contribution in [0, 0.1) is 5.92 Å². The number of hydrogen-bond donors (Lipinski definition) is 4. The monoisotopic (exact) mass is 493 g/mol. The molecule has 3 amide bonds. The first kappa shape index (κ1) is 25.4. The molecule has 0 spiro atoms. The topological polar surface area (TPSA) is 154 Å². The SMILES string of the molecule is O=C(N[C@H]1CCCCC/C=C\[C@@H]2C[C@@]2(C(=O)O)NC(=O)[C@@H]2C[C@@H](O)CN2C1=O)OC1CCOCC1. The second-order valence-corrected chi connectivity index (χ2v) is 9.95. The van der Waals surface area contributed by atoms with Crippen molar-refractivity contribution in [3.05, 3.63) is 12.2 Å². The van der Waals surface area contributed by atoms with Gasteiger partial charge in [-0.05, 0) is 25.7 Å². The lowest BCUT2D eigenvalue weighted by Crippen LogP contribution is -2.56. The van der Waals surface area contributed by atoms with Gasteiger partial charge in [0.15, 0.2) is 0 Å². The van der Waals surface area contributed by atoms with Gasteiger partial charge in [0, 0.05) is 31.7 Å². The molecule has 3 heterocycles. The highest BCUT2D eigenvalue weighted by molar-refractivity contribution is 5.96. The van der Waals surface area contributed by atoms with Crippen molar-refractivity contribution in [1.29, 1.82) is 0 Å². The molecule has 3 aliphatic heterocycles. The first-order valence-corrected chi connectivity index (χ1v) is 12.6. The Morgan fingerprint density at radius 1 is 1.17 bits per heavy atom. The summed E-state index contributed by atoms with van der Waals surface area (Å²) >= 11 is 0. The normalized spacial score (nSPS) is 35.5. The maximum absolute atomic E-state index is 13.5. The van der Waals surface area contributed by atoms with Gasteiger partial charge >= 0.3 is 12.1 Å². The molecule has 11 nitrogen and oxygen atoms in total. The van der Waals surface area contributed by atoms with Gasteiger partial charge in [-0.1, -0.05) is 25.0 Å². The fraction of sp³-hybridized carbons (Fsp3) is 0.750. The number of fused-ring (bicyclic) bond motifs is 2. The highest BCUT2D eigenvalue weighted by Gasteiger charge is 2.61. The van der Waals surface area contributed by atoms with Gasteiger partial charge < -0.3 is 35.2 Å². The third-order valence-electron chi connectivity index (χ3n) is 7.37. The Hall–Kier alpha value is -2.66. The number of allylic oxidation sites excluding steroid dienone is 1. The molecule has 3 fully saturated rings. The predicted octanol–water partition coefficient (Wildman–Crippen LogP) is 0.702. The summed E-state index contributed by atoms with van der Waals surface area (Å²) in [7, 11) is 0. The minimum absolute atomic E-state index is 0.00696. The van der Waals surface area contributed by atoms with Crippen molar-refractivity contribution in [3.8, 4) is 0 Å². The third-order valence-corrected chi connectivity index (χ3v) is 7.37. The van der Waals surface area contributed by atoms with Crippen LogP contribution >= 0.6 is 0 Å². The second kappa shape index (κ2) is 10.9. The molecule has 11 heteroatoms. The number of carbonyl (C=O) groups is 4. The zero-order valence-electron chi connectivity index (χ0n) is 19.8. The number of nitrogens with zero attached hydrogens (tertiary/aromatic N) is 1. The molecule has 2 saturated heterocycles. The smallest absolute Gasteiger partial charge is 0.408 e. The van der Waals surface area contributed by atoms with Crippen molar-refractivity contribution in [2.24, 2.45) is 5.92 Å². The zero-order chi connectivity index (χ0) is 25.0. The number of aliphatic hydroxyl groups is 1. The number of carboxylic acids is 1. The van der Waals surface area contributed by atoms with Gasteiger partial charge in [0.05, 0.1) is 19.3 Å². The summed E-state index contributed by atoms with van der Waals surface area (Å²) in [5.74, 6) is -2.50. The molecule has 5 atom stereocenters. The van der Waals surface area contributed by atoms with Gasteiger partial charge in [-0.2, -0.15) is 0 Å². The van der Waals surface area contributed by atoms with Crippen molar-refractivity contribution in [2.75, 3.05) is 19.8 Å².